The molecule has 0 saturated carbocycles. The summed E-state index contributed by atoms with van der Waals surface area (Å²) in [4.78, 5) is 26.1. The minimum atomic E-state index is -0.489. The van der Waals surface area contributed by atoms with Crippen LogP contribution >= 0.6 is 0 Å². The third-order valence-corrected chi connectivity index (χ3v) is 4.01. The maximum atomic E-state index is 12.3. The molecule has 25 heavy (non-hydrogen) atoms. The summed E-state index contributed by atoms with van der Waals surface area (Å²) in [6, 6.07) is 7.47. The smallest absolute Gasteiger partial charge is 0.410 e. The van der Waals surface area contributed by atoms with Crippen molar-refractivity contribution < 1.29 is 19.1 Å². The van der Waals surface area contributed by atoms with E-state index < -0.39 is 5.60 Å². The van der Waals surface area contributed by atoms with E-state index >= 15 is 0 Å². The zero-order valence-electron chi connectivity index (χ0n) is 15.5. The lowest BCUT2D eigenvalue weighted by Gasteiger charge is -2.33. The third kappa shape index (κ3) is 6.05. The molecule has 0 aliphatic carbocycles. The summed E-state index contributed by atoms with van der Waals surface area (Å²) in [7, 11) is 1.64. The number of rotatable bonds is 4. The normalized spacial score (nSPS) is 15.8. The molecule has 1 saturated heterocycles. The van der Waals surface area contributed by atoms with Crippen molar-refractivity contribution in [3.8, 4) is 0 Å². The molecule has 1 aromatic carbocycles. The van der Waals surface area contributed by atoms with Gasteiger partial charge in [0.2, 0.25) is 0 Å². The van der Waals surface area contributed by atoms with Gasteiger partial charge in [0, 0.05) is 31.8 Å². The first-order valence-electron chi connectivity index (χ1n) is 8.65. The van der Waals surface area contributed by atoms with Gasteiger partial charge in [-0.05, 0) is 51.3 Å². The van der Waals surface area contributed by atoms with Crippen LogP contribution in [-0.4, -0.2) is 48.7 Å². The Morgan fingerprint density at radius 3 is 2.28 bits per heavy atom. The Morgan fingerprint density at radius 1 is 1.16 bits per heavy atom. The van der Waals surface area contributed by atoms with Crippen LogP contribution in [0.3, 0.4) is 0 Å². The zero-order chi connectivity index (χ0) is 18.4. The van der Waals surface area contributed by atoms with Gasteiger partial charge in [-0.1, -0.05) is 12.1 Å². The van der Waals surface area contributed by atoms with Crippen molar-refractivity contribution in [2.24, 2.45) is 0 Å². The molecular formula is C19H28N2O4. The fraction of sp³-hybridized carbons (Fsp3) is 0.579. The molecule has 1 aliphatic rings. The molecule has 0 unspecified atom stereocenters. The van der Waals surface area contributed by atoms with Gasteiger partial charge in [0.15, 0.2) is 0 Å². The molecule has 6 heteroatoms. The summed E-state index contributed by atoms with van der Waals surface area (Å²) in [6.07, 6.45) is 1.17. The molecule has 2 amide bonds. The number of methoxy groups -OCH3 is 1. The largest absolute Gasteiger partial charge is 0.444 e. The van der Waals surface area contributed by atoms with Crippen LogP contribution < -0.4 is 5.32 Å². The molecule has 1 fully saturated rings. The number of nitrogens with one attached hydrogen (secondary N) is 1. The van der Waals surface area contributed by atoms with Gasteiger partial charge < -0.3 is 19.7 Å². The van der Waals surface area contributed by atoms with Crippen LogP contribution in [0.15, 0.2) is 24.3 Å². The van der Waals surface area contributed by atoms with Gasteiger partial charge >= 0.3 is 6.09 Å². The molecule has 0 radical (unpaired) electrons. The molecule has 1 heterocycles. The minimum absolute atomic E-state index is 0.0739. The second-order valence-corrected chi connectivity index (χ2v) is 7.35. The van der Waals surface area contributed by atoms with E-state index in [9.17, 15) is 9.59 Å². The summed E-state index contributed by atoms with van der Waals surface area (Å²) in [5.41, 5.74) is 1.18. The first-order valence-corrected chi connectivity index (χ1v) is 8.65. The van der Waals surface area contributed by atoms with Crippen LogP contribution in [-0.2, 0) is 16.1 Å². The molecule has 6 nitrogen and oxygen atoms in total. The Labute approximate surface area is 149 Å². The number of ether oxygens (including phenoxy) is 2. The number of hydrogen-bond acceptors (Lipinski definition) is 4. The van der Waals surface area contributed by atoms with Crippen LogP contribution in [0.1, 0.15) is 49.5 Å². The number of piperidine rings is 1. The highest BCUT2D eigenvalue weighted by Crippen LogP contribution is 2.16. The standard InChI is InChI=1S/C19H28N2O4/c1-19(2,3)25-18(23)21-11-9-16(10-12-21)20-17(22)15-7-5-14(6-8-15)13-24-4/h5-8,16H,9-13H2,1-4H3,(H,20,22). The third-order valence-electron chi connectivity index (χ3n) is 4.01. The monoisotopic (exact) mass is 348 g/mol. The van der Waals surface area contributed by atoms with Crippen molar-refractivity contribution in [1.29, 1.82) is 0 Å². The number of carbonyl (C=O) groups is 2. The maximum Gasteiger partial charge on any atom is 0.410 e. The van der Waals surface area contributed by atoms with Crippen LogP contribution in [0, 0.1) is 0 Å². The number of likely N-dealkylation sites (tertiary alicyclic amines) is 1. The van der Waals surface area contributed by atoms with E-state index in [4.69, 9.17) is 9.47 Å². The molecule has 2 rings (SSSR count). The number of hydrogen-bond donors (Lipinski definition) is 1. The molecule has 0 atom stereocenters. The van der Waals surface area contributed by atoms with E-state index in [1.807, 2.05) is 32.9 Å². The van der Waals surface area contributed by atoms with Crippen molar-refractivity contribution >= 4 is 12.0 Å². The molecule has 138 valence electrons. The number of carbonyl (C=O) groups excluding carboxylic acids is 2. The molecule has 1 aromatic rings. The first-order chi connectivity index (χ1) is 11.8. The maximum absolute atomic E-state index is 12.3. The van der Waals surface area contributed by atoms with Gasteiger partial charge in [-0.15, -0.1) is 0 Å². The number of amides is 2. The number of nitrogens with zero attached hydrogens (tertiary/aromatic N) is 1. The van der Waals surface area contributed by atoms with Gasteiger partial charge in [0.25, 0.3) is 5.91 Å². The van der Waals surface area contributed by atoms with E-state index in [1.165, 1.54) is 0 Å². The quantitative estimate of drug-likeness (QED) is 0.908. The fourth-order valence-corrected chi connectivity index (χ4v) is 2.72. The lowest BCUT2D eigenvalue weighted by Crippen LogP contribution is -2.47. The molecule has 1 aliphatic heterocycles. The molecule has 0 spiro atoms. The molecule has 0 aromatic heterocycles. The highest BCUT2D eigenvalue weighted by Gasteiger charge is 2.27. The fourth-order valence-electron chi connectivity index (χ4n) is 2.72. The van der Waals surface area contributed by atoms with Crippen LogP contribution in [0.4, 0.5) is 4.79 Å². The summed E-state index contributed by atoms with van der Waals surface area (Å²) in [5.74, 6) is -0.0836. The zero-order valence-corrected chi connectivity index (χ0v) is 15.5. The van der Waals surface area contributed by atoms with Crippen molar-refractivity contribution in [3.05, 3.63) is 35.4 Å². The lowest BCUT2D eigenvalue weighted by molar-refractivity contribution is 0.0199. The van der Waals surface area contributed by atoms with Crippen LogP contribution in [0.5, 0.6) is 0 Å². The Bertz CT molecular complexity index is 584. The second-order valence-electron chi connectivity index (χ2n) is 7.35. The SMILES string of the molecule is COCc1ccc(C(=O)NC2CCN(C(=O)OC(C)(C)C)CC2)cc1. The average molecular weight is 348 g/mol. The summed E-state index contributed by atoms with van der Waals surface area (Å²) in [6.45, 7) is 7.28. The highest BCUT2D eigenvalue weighted by atomic mass is 16.6. The predicted octanol–water partition coefficient (Wildman–Crippen LogP) is 2.96. The van der Waals surface area contributed by atoms with Crippen LogP contribution in [0.25, 0.3) is 0 Å². The Morgan fingerprint density at radius 2 is 1.76 bits per heavy atom. The molecule has 1 N–H and O–H groups in total. The Balaban J connectivity index is 1.81. The summed E-state index contributed by atoms with van der Waals surface area (Å²) in [5, 5.41) is 3.05. The second kappa shape index (κ2) is 8.34. The first kappa shape index (κ1) is 19.2. The lowest BCUT2D eigenvalue weighted by atomic mass is 10.0. The van der Waals surface area contributed by atoms with Gasteiger partial charge in [0.05, 0.1) is 6.61 Å². The van der Waals surface area contributed by atoms with E-state index in [0.29, 0.717) is 25.3 Å². The van der Waals surface area contributed by atoms with Crippen molar-refractivity contribution in [1.82, 2.24) is 10.2 Å². The predicted molar refractivity (Wildman–Crippen MR) is 95.5 cm³/mol. The van der Waals surface area contributed by atoms with Gasteiger partial charge in [-0.2, -0.15) is 0 Å². The summed E-state index contributed by atoms with van der Waals surface area (Å²) >= 11 is 0. The van der Waals surface area contributed by atoms with Gasteiger partial charge in [-0.3, -0.25) is 4.79 Å². The van der Waals surface area contributed by atoms with E-state index in [0.717, 1.165) is 18.4 Å². The highest BCUT2D eigenvalue weighted by molar-refractivity contribution is 5.94. The average Bonchev–Trinajstić information content (AvgIpc) is 2.55. The molecular weight excluding hydrogens is 320 g/mol. The van der Waals surface area contributed by atoms with Gasteiger partial charge in [-0.25, -0.2) is 4.79 Å². The van der Waals surface area contributed by atoms with Crippen molar-refractivity contribution in [2.75, 3.05) is 20.2 Å². The van der Waals surface area contributed by atoms with E-state index in [-0.39, 0.29) is 18.0 Å². The minimum Gasteiger partial charge on any atom is -0.444 e. The molecule has 0 bridgehead atoms. The summed E-state index contributed by atoms with van der Waals surface area (Å²) < 4.78 is 10.4. The Kier molecular flexibility index (Phi) is 6.42. The number of benzene rings is 1. The topological polar surface area (TPSA) is 67.9 Å². The van der Waals surface area contributed by atoms with Gasteiger partial charge in [0.1, 0.15) is 5.60 Å². The van der Waals surface area contributed by atoms with Crippen molar-refractivity contribution in [2.45, 2.75) is 51.9 Å². The van der Waals surface area contributed by atoms with Crippen LogP contribution in [0.2, 0.25) is 0 Å². The van der Waals surface area contributed by atoms with E-state index in [2.05, 4.69) is 5.32 Å². The Hall–Kier alpha value is -2.08. The van der Waals surface area contributed by atoms with E-state index in [1.54, 1.807) is 24.1 Å². The van der Waals surface area contributed by atoms with Crippen molar-refractivity contribution in [3.63, 3.8) is 0 Å².